The molecular weight excluding hydrogens is 407 g/mol. The van der Waals surface area contributed by atoms with Crippen LogP contribution < -0.4 is 10.6 Å². The highest BCUT2D eigenvalue weighted by Gasteiger charge is 2.43. The summed E-state index contributed by atoms with van der Waals surface area (Å²) >= 11 is 0. The van der Waals surface area contributed by atoms with Crippen molar-refractivity contribution in [3.8, 4) is 0 Å². The lowest BCUT2D eigenvalue weighted by atomic mass is 9.73. The lowest BCUT2D eigenvalue weighted by Crippen LogP contribution is -2.36. The zero-order chi connectivity index (χ0) is 22.2. The van der Waals surface area contributed by atoms with E-state index >= 15 is 0 Å². The lowest BCUT2D eigenvalue weighted by molar-refractivity contribution is -0.138. The largest absolute Gasteiger partial charge is 0.416 e. The zero-order valence-electron chi connectivity index (χ0n) is 16.7. The number of nitrogens with one attached hydrogen (secondary N) is 2. The molecule has 2 aliphatic rings. The van der Waals surface area contributed by atoms with Crippen molar-refractivity contribution < 1.29 is 22.8 Å². The summed E-state index contributed by atoms with van der Waals surface area (Å²) in [6, 6.07) is 10.1. The van der Waals surface area contributed by atoms with Crippen molar-refractivity contribution in [3.05, 3.63) is 82.3 Å². The Morgan fingerprint density at radius 3 is 2.58 bits per heavy atom. The van der Waals surface area contributed by atoms with Crippen molar-refractivity contribution in [2.45, 2.75) is 38.3 Å². The molecule has 1 aromatic carbocycles. The second-order valence-corrected chi connectivity index (χ2v) is 7.52. The minimum absolute atomic E-state index is 0.0800. The van der Waals surface area contributed by atoms with Gasteiger partial charge in [0.25, 0.3) is 5.91 Å². The van der Waals surface area contributed by atoms with Gasteiger partial charge in [0.2, 0.25) is 0 Å². The van der Waals surface area contributed by atoms with Gasteiger partial charge in [0.05, 0.1) is 5.56 Å². The number of rotatable bonds is 3. The van der Waals surface area contributed by atoms with Crippen molar-refractivity contribution in [3.63, 3.8) is 0 Å². The summed E-state index contributed by atoms with van der Waals surface area (Å²) in [5, 5.41) is 5.75. The van der Waals surface area contributed by atoms with Crippen molar-refractivity contribution in [1.29, 1.82) is 0 Å². The van der Waals surface area contributed by atoms with E-state index in [0.717, 1.165) is 6.07 Å². The monoisotopic (exact) mass is 427 g/mol. The summed E-state index contributed by atoms with van der Waals surface area (Å²) in [5.41, 5.74) is 0.359. The average Bonchev–Trinajstić information content (AvgIpc) is 2.73. The first-order valence-corrected chi connectivity index (χ1v) is 9.90. The molecule has 2 heterocycles. The van der Waals surface area contributed by atoms with Gasteiger partial charge in [-0.3, -0.25) is 9.59 Å². The third-order valence-electron chi connectivity index (χ3n) is 5.50. The van der Waals surface area contributed by atoms with Gasteiger partial charge in [-0.05, 0) is 43.5 Å². The van der Waals surface area contributed by atoms with Gasteiger partial charge in [0.1, 0.15) is 5.82 Å². The highest BCUT2D eigenvalue weighted by Crippen LogP contribution is 2.46. The maximum absolute atomic E-state index is 13.9. The van der Waals surface area contributed by atoms with E-state index in [2.05, 4.69) is 15.6 Å². The van der Waals surface area contributed by atoms with E-state index in [1.807, 2.05) is 0 Å². The van der Waals surface area contributed by atoms with Gasteiger partial charge >= 0.3 is 6.18 Å². The molecule has 5 nitrogen and oxygen atoms in total. The Kier molecular flexibility index (Phi) is 5.39. The molecule has 1 aliphatic heterocycles. The number of hydrogen-bond acceptors (Lipinski definition) is 4. The van der Waals surface area contributed by atoms with Crippen LogP contribution in [0.5, 0.6) is 0 Å². The van der Waals surface area contributed by atoms with Crippen molar-refractivity contribution >= 4 is 17.5 Å². The van der Waals surface area contributed by atoms with Crippen LogP contribution in [-0.4, -0.2) is 16.7 Å². The number of carbonyl (C=O) groups is 2. The highest BCUT2D eigenvalue weighted by molar-refractivity contribution is 6.09. The molecule has 0 spiro atoms. The minimum atomic E-state index is -4.63. The van der Waals surface area contributed by atoms with Crippen molar-refractivity contribution in [1.82, 2.24) is 10.3 Å². The second-order valence-electron chi connectivity index (χ2n) is 7.52. The number of amides is 1. The maximum atomic E-state index is 13.9. The van der Waals surface area contributed by atoms with Gasteiger partial charge in [0, 0.05) is 41.1 Å². The van der Waals surface area contributed by atoms with Gasteiger partial charge in [-0.15, -0.1) is 0 Å². The topological polar surface area (TPSA) is 71.1 Å². The number of halogens is 3. The van der Waals surface area contributed by atoms with Gasteiger partial charge in [0.15, 0.2) is 5.78 Å². The molecule has 160 valence electrons. The van der Waals surface area contributed by atoms with E-state index in [0.29, 0.717) is 24.2 Å². The third kappa shape index (κ3) is 3.97. The number of ketones is 1. The fraction of sp³-hybridized carbons (Fsp3) is 0.261. The molecule has 1 atom stereocenters. The Bertz CT molecular complexity index is 1100. The SMILES string of the molecule is CC1=C(C(=O)Nc2ccccn2)[C@H](c2ccccc2C(F)(F)F)C2=C(CCCC2=O)N1. The number of Topliss-reactive ketones (excluding diaryl/α,β-unsaturated/α-hetero) is 1. The van der Waals surface area contributed by atoms with E-state index in [-0.39, 0.29) is 34.7 Å². The zero-order valence-corrected chi connectivity index (χ0v) is 16.7. The van der Waals surface area contributed by atoms with Gasteiger partial charge in [-0.2, -0.15) is 13.2 Å². The third-order valence-corrected chi connectivity index (χ3v) is 5.50. The maximum Gasteiger partial charge on any atom is 0.416 e. The first-order valence-electron chi connectivity index (χ1n) is 9.90. The summed E-state index contributed by atoms with van der Waals surface area (Å²) in [6.07, 6.45) is -1.74. The number of hydrogen-bond donors (Lipinski definition) is 2. The molecule has 2 N–H and O–H groups in total. The molecule has 4 rings (SSSR count). The van der Waals surface area contributed by atoms with Gasteiger partial charge < -0.3 is 10.6 Å². The molecule has 1 aliphatic carbocycles. The summed E-state index contributed by atoms with van der Waals surface area (Å²) in [6.45, 7) is 1.64. The van der Waals surface area contributed by atoms with Crippen LogP contribution in [0.3, 0.4) is 0 Å². The Balaban J connectivity index is 1.88. The van der Waals surface area contributed by atoms with Crippen LogP contribution >= 0.6 is 0 Å². The fourth-order valence-electron chi connectivity index (χ4n) is 4.22. The quantitative estimate of drug-likeness (QED) is 0.745. The summed E-state index contributed by atoms with van der Waals surface area (Å²) < 4.78 is 41.6. The molecule has 31 heavy (non-hydrogen) atoms. The van der Waals surface area contributed by atoms with E-state index in [4.69, 9.17) is 0 Å². The highest BCUT2D eigenvalue weighted by atomic mass is 19.4. The molecule has 0 bridgehead atoms. The van der Waals surface area contributed by atoms with Crippen molar-refractivity contribution in [2.24, 2.45) is 0 Å². The predicted molar refractivity (Wildman–Crippen MR) is 109 cm³/mol. The van der Waals surface area contributed by atoms with Crippen molar-refractivity contribution in [2.75, 3.05) is 5.32 Å². The fourth-order valence-corrected chi connectivity index (χ4v) is 4.22. The molecule has 2 aromatic rings. The van der Waals surface area contributed by atoms with Crippen LogP contribution in [0.2, 0.25) is 0 Å². The van der Waals surface area contributed by atoms with Crippen LogP contribution in [0.1, 0.15) is 43.2 Å². The number of alkyl halides is 3. The Morgan fingerprint density at radius 1 is 1.13 bits per heavy atom. The molecule has 0 radical (unpaired) electrons. The molecular formula is C23H20F3N3O2. The van der Waals surface area contributed by atoms with Crippen LogP contribution in [0, 0.1) is 0 Å². The Hall–Kier alpha value is -3.42. The number of anilines is 1. The van der Waals surface area contributed by atoms with Gasteiger partial charge in [-0.1, -0.05) is 24.3 Å². The number of pyridine rings is 1. The number of aromatic nitrogens is 1. The van der Waals surface area contributed by atoms with Gasteiger partial charge in [-0.25, -0.2) is 4.98 Å². The summed E-state index contributed by atoms with van der Waals surface area (Å²) in [4.78, 5) is 30.2. The average molecular weight is 427 g/mol. The minimum Gasteiger partial charge on any atom is -0.362 e. The Labute approximate surface area is 177 Å². The molecule has 1 amide bonds. The molecule has 0 unspecified atom stereocenters. The van der Waals surface area contributed by atoms with Crippen LogP contribution in [0.25, 0.3) is 0 Å². The van der Waals surface area contributed by atoms with E-state index < -0.39 is 23.6 Å². The smallest absolute Gasteiger partial charge is 0.362 e. The van der Waals surface area contributed by atoms with Crippen LogP contribution in [0.15, 0.2) is 71.2 Å². The van der Waals surface area contributed by atoms with E-state index in [9.17, 15) is 22.8 Å². The standard InChI is InChI=1S/C23H20F3N3O2/c1-13-19(22(31)29-18-11-4-5-12-27-18)20(21-16(28-13)9-6-10-17(21)30)14-7-2-3-8-15(14)23(24,25)26/h2-5,7-8,11-12,20,28H,6,9-10H2,1H3,(H,27,29,31)/t20-/m0/s1. The van der Waals surface area contributed by atoms with E-state index in [1.165, 1.54) is 24.4 Å². The van der Waals surface area contributed by atoms with Crippen LogP contribution in [0.4, 0.5) is 19.0 Å². The normalized spacial score (nSPS) is 19.1. The molecule has 8 heteroatoms. The number of dihydropyridines is 1. The number of nitrogens with zero attached hydrogens (tertiary/aromatic N) is 1. The Morgan fingerprint density at radius 2 is 1.87 bits per heavy atom. The number of allylic oxidation sites excluding steroid dienone is 3. The molecule has 0 saturated heterocycles. The summed E-state index contributed by atoms with van der Waals surface area (Å²) in [5.74, 6) is -1.70. The predicted octanol–water partition coefficient (Wildman–Crippen LogP) is 4.71. The molecule has 0 saturated carbocycles. The number of benzene rings is 1. The second kappa shape index (κ2) is 8.02. The first kappa shape index (κ1) is 20.8. The molecule has 1 aromatic heterocycles. The lowest BCUT2D eigenvalue weighted by Gasteiger charge is -2.35. The molecule has 0 fully saturated rings. The summed E-state index contributed by atoms with van der Waals surface area (Å²) in [7, 11) is 0. The van der Waals surface area contributed by atoms with E-state index in [1.54, 1.807) is 25.1 Å². The first-order chi connectivity index (χ1) is 14.8. The number of carbonyl (C=O) groups excluding carboxylic acids is 2. The van der Waals surface area contributed by atoms with Crippen LogP contribution in [-0.2, 0) is 15.8 Å².